The lowest BCUT2D eigenvalue weighted by molar-refractivity contribution is -0.0590. The van der Waals surface area contributed by atoms with E-state index in [4.69, 9.17) is 21.4 Å². The summed E-state index contributed by atoms with van der Waals surface area (Å²) in [5.74, 6) is 0.0686. The van der Waals surface area contributed by atoms with Gasteiger partial charge < -0.3 is 19.3 Å². The molecule has 130 valence electrons. The molecule has 23 heavy (non-hydrogen) atoms. The van der Waals surface area contributed by atoms with Gasteiger partial charge in [0.05, 0.1) is 6.61 Å². The Bertz CT molecular complexity index is 680. The zero-order chi connectivity index (χ0) is 17.4. The standard InChI is InChI=1S/C11H16ClFN3O6P/c1-11(13)8(17)6(5-21-23(2,19)20)22-9(11)16-4-3-7(15-12)14-10(16)18/h3-4,6,8-9,17H,5H2,1-2H3,(H,19,20)(H,14,15,18). The van der Waals surface area contributed by atoms with Gasteiger partial charge in [0, 0.05) is 24.6 Å². The van der Waals surface area contributed by atoms with Crippen LogP contribution in [0.5, 0.6) is 0 Å². The summed E-state index contributed by atoms with van der Waals surface area (Å²) in [6, 6.07) is 1.32. The average Bonchev–Trinajstić information content (AvgIpc) is 2.67. The highest BCUT2D eigenvalue weighted by atomic mass is 35.5. The van der Waals surface area contributed by atoms with E-state index in [1.807, 2.05) is 0 Å². The number of hydrogen-bond acceptors (Lipinski definition) is 7. The number of alkyl halides is 1. The number of ether oxygens (including phenoxy) is 1. The number of anilines is 1. The molecule has 0 bridgehead atoms. The molecule has 0 radical (unpaired) electrons. The zero-order valence-corrected chi connectivity index (χ0v) is 13.9. The maximum atomic E-state index is 14.8. The third-order valence-corrected chi connectivity index (χ3v) is 4.20. The Morgan fingerprint density at radius 3 is 2.87 bits per heavy atom. The quantitative estimate of drug-likeness (QED) is 0.508. The second-order valence-electron chi connectivity index (χ2n) is 5.32. The third kappa shape index (κ3) is 3.90. The molecule has 5 atom stereocenters. The molecule has 2 rings (SSSR count). The van der Waals surface area contributed by atoms with E-state index in [1.165, 1.54) is 12.3 Å². The predicted octanol–water partition coefficient (Wildman–Crippen LogP) is 0.627. The Labute approximate surface area is 135 Å². The van der Waals surface area contributed by atoms with Crippen LogP contribution in [0.4, 0.5) is 10.2 Å². The fourth-order valence-electron chi connectivity index (χ4n) is 2.21. The predicted molar refractivity (Wildman–Crippen MR) is 79.1 cm³/mol. The molecule has 0 spiro atoms. The third-order valence-electron chi connectivity index (χ3n) is 3.37. The fourth-order valence-corrected chi connectivity index (χ4v) is 2.73. The molecule has 1 aliphatic rings. The second kappa shape index (κ2) is 6.46. The molecule has 1 saturated heterocycles. The van der Waals surface area contributed by atoms with Crippen LogP contribution in [0, 0.1) is 0 Å². The monoisotopic (exact) mass is 371 g/mol. The lowest BCUT2D eigenvalue weighted by Gasteiger charge is -2.24. The first-order valence-corrected chi connectivity index (χ1v) is 8.89. The molecular formula is C11H16ClFN3O6P. The number of aliphatic hydroxyl groups excluding tert-OH is 1. The molecule has 0 aromatic carbocycles. The van der Waals surface area contributed by atoms with Crippen molar-refractivity contribution in [2.75, 3.05) is 18.1 Å². The van der Waals surface area contributed by atoms with Crippen molar-refractivity contribution in [3.63, 3.8) is 0 Å². The van der Waals surface area contributed by atoms with Gasteiger partial charge in [-0.05, 0) is 13.0 Å². The average molecular weight is 372 g/mol. The Hall–Kier alpha value is -1.03. The van der Waals surface area contributed by atoms with Crippen LogP contribution >= 0.6 is 19.4 Å². The summed E-state index contributed by atoms with van der Waals surface area (Å²) in [7, 11) is -3.82. The summed E-state index contributed by atoms with van der Waals surface area (Å²) in [6.07, 6.45) is -3.18. The summed E-state index contributed by atoms with van der Waals surface area (Å²) in [4.78, 5) is 26.7. The highest BCUT2D eigenvalue weighted by molar-refractivity contribution is 7.51. The van der Waals surface area contributed by atoms with Crippen molar-refractivity contribution >= 4 is 25.2 Å². The van der Waals surface area contributed by atoms with Crippen LogP contribution in [0.3, 0.4) is 0 Å². The molecule has 0 aliphatic carbocycles. The van der Waals surface area contributed by atoms with E-state index in [0.29, 0.717) is 0 Å². The second-order valence-corrected chi connectivity index (χ2v) is 7.37. The molecule has 1 fully saturated rings. The molecule has 2 heterocycles. The van der Waals surface area contributed by atoms with Crippen LogP contribution in [0.15, 0.2) is 17.1 Å². The van der Waals surface area contributed by atoms with Gasteiger partial charge in [-0.3, -0.25) is 14.0 Å². The SMILES string of the molecule is CC1(F)C(O)C(COP(C)(=O)O)OC1n1ccc(NCl)nc1=O. The molecule has 9 nitrogen and oxygen atoms in total. The van der Waals surface area contributed by atoms with Crippen LogP contribution in [0.1, 0.15) is 13.2 Å². The van der Waals surface area contributed by atoms with Crippen LogP contribution in [0.2, 0.25) is 0 Å². The van der Waals surface area contributed by atoms with E-state index >= 15 is 0 Å². The smallest absolute Gasteiger partial charge is 0.351 e. The van der Waals surface area contributed by atoms with Crippen molar-refractivity contribution < 1.29 is 28.2 Å². The van der Waals surface area contributed by atoms with Crippen molar-refractivity contribution in [1.82, 2.24) is 9.55 Å². The number of nitrogens with one attached hydrogen (secondary N) is 1. The molecule has 1 aromatic rings. The van der Waals surface area contributed by atoms with E-state index < -0.39 is 44.0 Å². The van der Waals surface area contributed by atoms with Gasteiger partial charge >= 0.3 is 13.3 Å². The first-order valence-electron chi connectivity index (χ1n) is 6.49. The van der Waals surface area contributed by atoms with Gasteiger partial charge in [-0.25, -0.2) is 9.18 Å². The molecule has 0 saturated carbocycles. The van der Waals surface area contributed by atoms with Gasteiger partial charge in [-0.15, -0.1) is 0 Å². The van der Waals surface area contributed by atoms with Crippen molar-refractivity contribution in [3.05, 3.63) is 22.7 Å². The van der Waals surface area contributed by atoms with Crippen molar-refractivity contribution in [2.45, 2.75) is 31.0 Å². The summed E-state index contributed by atoms with van der Waals surface area (Å²) < 4.78 is 36.8. The lowest BCUT2D eigenvalue weighted by atomic mass is 9.98. The van der Waals surface area contributed by atoms with Crippen molar-refractivity contribution in [2.24, 2.45) is 0 Å². The van der Waals surface area contributed by atoms with Crippen LogP contribution < -0.4 is 10.5 Å². The Balaban J connectivity index is 2.26. The van der Waals surface area contributed by atoms with E-state index in [2.05, 4.69) is 14.3 Å². The van der Waals surface area contributed by atoms with Crippen LogP contribution in [0.25, 0.3) is 0 Å². The molecule has 1 aliphatic heterocycles. The summed E-state index contributed by atoms with van der Waals surface area (Å²) in [5, 5.41) is 10.0. The zero-order valence-electron chi connectivity index (χ0n) is 12.2. The molecule has 1 aromatic heterocycles. The summed E-state index contributed by atoms with van der Waals surface area (Å²) in [5.41, 5.74) is -3.19. The van der Waals surface area contributed by atoms with Gasteiger partial charge in [0.25, 0.3) is 0 Å². The number of aliphatic hydroxyl groups is 1. The van der Waals surface area contributed by atoms with Gasteiger partial charge in [0.2, 0.25) is 0 Å². The van der Waals surface area contributed by atoms with Gasteiger partial charge in [-0.2, -0.15) is 4.98 Å². The molecule has 0 amide bonds. The Morgan fingerprint density at radius 2 is 2.35 bits per heavy atom. The number of nitrogens with zero attached hydrogens (tertiary/aromatic N) is 2. The van der Waals surface area contributed by atoms with Gasteiger partial charge in [0.1, 0.15) is 18.0 Å². The van der Waals surface area contributed by atoms with Crippen LogP contribution in [-0.2, 0) is 13.8 Å². The first-order chi connectivity index (χ1) is 10.6. The number of rotatable bonds is 5. The maximum absolute atomic E-state index is 14.8. The minimum atomic E-state index is -3.82. The van der Waals surface area contributed by atoms with Gasteiger partial charge in [-0.1, -0.05) is 0 Å². The molecule has 5 unspecified atom stereocenters. The highest BCUT2D eigenvalue weighted by Gasteiger charge is 2.55. The normalized spacial score (nSPS) is 33.4. The van der Waals surface area contributed by atoms with Crippen LogP contribution in [-0.4, -0.2) is 50.7 Å². The Morgan fingerprint density at radius 1 is 1.70 bits per heavy atom. The topological polar surface area (TPSA) is 123 Å². The van der Waals surface area contributed by atoms with E-state index in [-0.39, 0.29) is 5.82 Å². The van der Waals surface area contributed by atoms with Gasteiger partial charge in [0.15, 0.2) is 11.9 Å². The number of aromatic nitrogens is 2. The number of halogens is 2. The fraction of sp³-hybridized carbons (Fsp3) is 0.636. The van der Waals surface area contributed by atoms with E-state index in [0.717, 1.165) is 18.2 Å². The molecule has 3 N–H and O–H groups in total. The molecule has 12 heteroatoms. The van der Waals surface area contributed by atoms with Crippen molar-refractivity contribution in [1.29, 1.82) is 0 Å². The van der Waals surface area contributed by atoms with Crippen molar-refractivity contribution in [3.8, 4) is 0 Å². The Kier molecular flexibility index (Phi) is 5.15. The minimum absolute atomic E-state index is 0.0686. The summed E-state index contributed by atoms with van der Waals surface area (Å²) >= 11 is 5.32. The minimum Gasteiger partial charge on any atom is -0.387 e. The first kappa shape index (κ1) is 18.3. The summed E-state index contributed by atoms with van der Waals surface area (Å²) in [6.45, 7) is 1.49. The molecular weight excluding hydrogens is 356 g/mol. The number of hydrogen-bond donors (Lipinski definition) is 3. The lowest BCUT2D eigenvalue weighted by Crippen LogP contribution is -2.42. The largest absolute Gasteiger partial charge is 0.387 e. The maximum Gasteiger partial charge on any atom is 0.351 e. The van der Waals surface area contributed by atoms with E-state index in [9.17, 15) is 18.9 Å². The van der Waals surface area contributed by atoms with E-state index in [1.54, 1.807) is 0 Å². The highest BCUT2D eigenvalue weighted by Crippen LogP contribution is 2.43.